The Labute approximate surface area is 139 Å². The van der Waals surface area contributed by atoms with E-state index in [0.29, 0.717) is 24.5 Å². The van der Waals surface area contributed by atoms with Gasteiger partial charge in [-0.05, 0) is 18.2 Å². The van der Waals surface area contributed by atoms with Crippen LogP contribution in [0, 0.1) is 0 Å². The van der Waals surface area contributed by atoms with Gasteiger partial charge < -0.3 is 24.8 Å². The van der Waals surface area contributed by atoms with Crippen LogP contribution in [0.1, 0.15) is 16.8 Å². The van der Waals surface area contributed by atoms with E-state index in [2.05, 4.69) is 5.32 Å². The summed E-state index contributed by atoms with van der Waals surface area (Å²) < 4.78 is 10.3. The van der Waals surface area contributed by atoms with E-state index in [1.54, 1.807) is 24.3 Å². The number of ether oxygens (including phenoxy) is 2. The van der Waals surface area contributed by atoms with E-state index in [-0.39, 0.29) is 25.5 Å². The summed E-state index contributed by atoms with van der Waals surface area (Å²) in [7, 11) is 1.50. The predicted octanol–water partition coefficient (Wildman–Crippen LogP) is 0.127. The molecule has 2 amide bonds. The highest BCUT2D eigenvalue weighted by Gasteiger charge is 2.29. The van der Waals surface area contributed by atoms with Crippen molar-refractivity contribution in [2.24, 2.45) is 0 Å². The van der Waals surface area contributed by atoms with Crippen molar-refractivity contribution >= 4 is 17.8 Å². The Morgan fingerprint density at radius 1 is 1.42 bits per heavy atom. The molecule has 1 aliphatic rings. The molecule has 2 N–H and O–H groups in total. The first-order valence-corrected chi connectivity index (χ1v) is 7.52. The fraction of sp³-hybridized carbons (Fsp3) is 0.438. The third-order valence-corrected chi connectivity index (χ3v) is 3.69. The number of morpholine rings is 1. The summed E-state index contributed by atoms with van der Waals surface area (Å²) in [5.41, 5.74) is 0.381. The Morgan fingerprint density at radius 3 is 2.92 bits per heavy atom. The van der Waals surface area contributed by atoms with Crippen LogP contribution in [-0.4, -0.2) is 67.2 Å². The third kappa shape index (κ3) is 4.69. The Kier molecular flexibility index (Phi) is 6.14. The first-order chi connectivity index (χ1) is 11.5. The number of carboxylic acids is 1. The second-order valence-electron chi connectivity index (χ2n) is 5.33. The number of aliphatic carboxylic acids is 1. The molecule has 1 fully saturated rings. The molecule has 1 atom stereocenters. The zero-order valence-corrected chi connectivity index (χ0v) is 13.4. The van der Waals surface area contributed by atoms with Crippen LogP contribution in [-0.2, 0) is 14.3 Å². The number of nitrogens with one attached hydrogen (secondary N) is 1. The Hall–Kier alpha value is -2.61. The van der Waals surface area contributed by atoms with E-state index >= 15 is 0 Å². The number of carbonyl (C=O) groups is 3. The smallest absolute Gasteiger partial charge is 0.305 e. The van der Waals surface area contributed by atoms with Gasteiger partial charge >= 0.3 is 5.97 Å². The molecule has 1 aromatic carbocycles. The van der Waals surface area contributed by atoms with Crippen molar-refractivity contribution in [1.29, 1.82) is 0 Å². The lowest BCUT2D eigenvalue weighted by atomic mass is 10.1. The SMILES string of the molecule is COc1cccc(C(=O)NCC(=O)N2CCOCC2CC(=O)O)c1. The minimum Gasteiger partial charge on any atom is -0.497 e. The van der Waals surface area contributed by atoms with E-state index in [1.807, 2.05) is 0 Å². The zero-order valence-electron chi connectivity index (χ0n) is 13.4. The normalized spacial score (nSPS) is 17.2. The van der Waals surface area contributed by atoms with Gasteiger partial charge in [0.25, 0.3) is 5.91 Å². The monoisotopic (exact) mass is 336 g/mol. The Morgan fingerprint density at radius 2 is 2.21 bits per heavy atom. The quantitative estimate of drug-likeness (QED) is 0.765. The minimum atomic E-state index is -0.997. The molecule has 0 radical (unpaired) electrons. The van der Waals surface area contributed by atoms with Gasteiger partial charge in [0, 0.05) is 12.1 Å². The topological polar surface area (TPSA) is 105 Å². The van der Waals surface area contributed by atoms with Gasteiger partial charge in [-0.3, -0.25) is 14.4 Å². The fourth-order valence-corrected chi connectivity index (χ4v) is 2.48. The summed E-state index contributed by atoms with van der Waals surface area (Å²) >= 11 is 0. The molecule has 1 aromatic rings. The van der Waals surface area contributed by atoms with Crippen LogP contribution in [0.25, 0.3) is 0 Å². The molecular formula is C16H20N2O6. The van der Waals surface area contributed by atoms with Crippen LogP contribution in [0.15, 0.2) is 24.3 Å². The summed E-state index contributed by atoms with van der Waals surface area (Å²) in [6, 6.07) is 6.07. The van der Waals surface area contributed by atoms with Gasteiger partial charge in [0.15, 0.2) is 0 Å². The lowest BCUT2D eigenvalue weighted by molar-refractivity contribution is -0.145. The summed E-state index contributed by atoms with van der Waals surface area (Å²) in [5.74, 6) is -1.18. The predicted molar refractivity (Wildman–Crippen MR) is 83.9 cm³/mol. The number of benzene rings is 1. The number of rotatable bonds is 6. The van der Waals surface area contributed by atoms with Crippen molar-refractivity contribution < 1.29 is 29.0 Å². The second-order valence-corrected chi connectivity index (χ2v) is 5.33. The van der Waals surface area contributed by atoms with Gasteiger partial charge in [-0.25, -0.2) is 0 Å². The van der Waals surface area contributed by atoms with Crippen LogP contribution in [0.5, 0.6) is 5.75 Å². The molecule has 8 nitrogen and oxygen atoms in total. The average molecular weight is 336 g/mol. The third-order valence-electron chi connectivity index (χ3n) is 3.69. The molecule has 1 heterocycles. The molecule has 0 bridgehead atoms. The van der Waals surface area contributed by atoms with Gasteiger partial charge in [-0.15, -0.1) is 0 Å². The van der Waals surface area contributed by atoms with Crippen molar-refractivity contribution in [2.75, 3.05) is 33.4 Å². The van der Waals surface area contributed by atoms with Crippen LogP contribution in [0.2, 0.25) is 0 Å². The molecule has 130 valence electrons. The van der Waals surface area contributed by atoms with Gasteiger partial charge in [0.1, 0.15) is 5.75 Å². The molecule has 0 saturated carbocycles. The van der Waals surface area contributed by atoms with Gasteiger partial charge in [0.2, 0.25) is 5.91 Å². The highest BCUT2D eigenvalue weighted by atomic mass is 16.5. The van der Waals surface area contributed by atoms with Crippen molar-refractivity contribution in [2.45, 2.75) is 12.5 Å². The van der Waals surface area contributed by atoms with Gasteiger partial charge in [0.05, 0.1) is 39.3 Å². The molecule has 2 rings (SSSR count). The number of amides is 2. The standard InChI is InChI=1S/C16H20N2O6/c1-23-13-4-2-3-11(7-13)16(22)17-9-14(19)18-5-6-24-10-12(18)8-15(20)21/h2-4,7,12H,5-6,8-10H2,1H3,(H,17,22)(H,20,21). The zero-order chi connectivity index (χ0) is 17.5. The highest BCUT2D eigenvalue weighted by Crippen LogP contribution is 2.13. The van der Waals surface area contributed by atoms with Crippen LogP contribution < -0.4 is 10.1 Å². The maximum Gasteiger partial charge on any atom is 0.305 e. The molecule has 1 aliphatic heterocycles. The number of carbonyl (C=O) groups excluding carboxylic acids is 2. The molecule has 1 saturated heterocycles. The van der Waals surface area contributed by atoms with E-state index < -0.39 is 17.9 Å². The van der Waals surface area contributed by atoms with Gasteiger partial charge in [-0.2, -0.15) is 0 Å². The molecule has 0 spiro atoms. The van der Waals surface area contributed by atoms with Gasteiger partial charge in [-0.1, -0.05) is 6.07 Å². The van der Waals surface area contributed by atoms with Crippen molar-refractivity contribution in [3.8, 4) is 5.75 Å². The lowest BCUT2D eigenvalue weighted by Crippen LogP contribution is -2.52. The minimum absolute atomic E-state index is 0.182. The first kappa shape index (κ1) is 17.7. The number of hydrogen-bond acceptors (Lipinski definition) is 5. The second kappa shape index (κ2) is 8.30. The molecule has 24 heavy (non-hydrogen) atoms. The summed E-state index contributed by atoms with van der Waals surface area (Å²) in [6.45, 7) is 0.644. The molecule has 8 heteroatoms. The molecule has 1 unspecified atom stereocenters. The fourth-order valence-electron chi connectivity index (χ4n) is 2.48. The number of methoxy groups -OCH3 is 1. The van der Waals surface area contributed by atoms with Crippen LogP contribution >= 0.6 is 0 Å². The maximum atomic E-state index is 12.3. The molecular weight excluding hydrogens is 316 g/mol. The van der Waals surface area contributed by atoms with Crippen molar-refractivity contribution in [1.82, 2.24) is 10.2 Å². The number of carboxylic acid groups (broad SMARTS) is 1. The van der Waals surface area contributed by atoms with E-state index in [4.69, 9.17) is 14.6 Å². The summed E-state index contributed by atoms with van der Waals surface area (Å²) in [5, 5.41) is 11.5. The average Bonchev–Trinajstić information content (AvgIpc) is 2.59. The maximum absolute atomic E-state index is 12.3. The summed E-state index contributed by atoms with van der Waals surface area (Å²) in [6.07, 6.45) is -0.185. The van der Waals surface area contributed by atoms with Crippen molar-refractivity contribution in [3.63, 3.8) is 0 Å². The number of nitrogens with zero attached hydrogens (tertiary/aromatic N) is 1. The molecule has 0 aliphatic carbocycles. The largest absolute Gasteiger partial charge is 0.497 e. The first-order valence-electron chi connectivity index (χ1n) is 7.52. The Balaban J connectivity index is 1.93. The van der Waals surface area contributed by atoms with Crippen molar-refractivity contribution in [3.05, 3.63) is 29.8 Å². The molecule has 0 aromatic heterocycles. The van der Waals surface area contributed by atoms with E-state index in [0.717, 1.165) is 0 Å². The van der Waals surface area contributed by atoms with Crippen LogP contribution in [0.4, 0.5) is 0 Å². The van der Waals surface area contributed by atoms with E-state index in [1.165, 1.54) is 12.0 Å². The summed E-state index contributed by atoms with van der Waals surface area (Å²) in [4.78, 5) is 36.7. The Bertz CT molecular complexity index is 618. The van der Waals surface area contributed by atoms with Crippen LogP contribution in [0.3, 0.4) is 0 Å². The highest BCUT2D eigenvalue weighted by molar-refractivity contribution is 5.96. The lowest BCUT2D eigenvalue weighted by Gasteiger charge is -2.34. The number of hydrogen-bond donors (Lipinski definition) is 2. The van der Waals surface area contributed by atoms with E-state index in [9.17, 15) is 14.4 Å².